The zero-order valence-corrected chi connectivity index (χ0v) is 14.6. The molecular formula is C17H22N6O2. The summed E-state index contributed by atoms with van der Waals surface area (Å²) in [5, 5.41) is 13.3. The summed E-state index contributed by atoms with van der Waals surface area (Å²) in [5.41, 5.74) is 1.96. The monoisotopic (exact) mass is 342 g/mol. The number of hydrogen-bond acceptors (Lipinski definition) is 4. The highest BCUT2D eigenvalue weighted by molar-refractivity contribution is 5.96. The van der Waals surface area contributed by atoms with E-state index in [0.717, 1.165) is 11.3 Å². The van der Waals surface area contributed by atoms with E-state index < -0.39 is 0 Å². The minimum Gasteiger partial charge on any atom is -0.337 e. The van der Waals surface area contributed by atoms with Gasteiger partial charge in [0.05, 0.1) is 6.20 Å². The highest BCUT2D eigenvalue weighted by Crippen LogP contribution is 2.34. The average Bonchev–Trinajstić information content (AvgIpc) is 3.05. The molecule has 8 heteroatoms. The minimum absolute atomic E-state index is 0.0444. The van der Waals surface area contributed by atoms with Gasteiger partial charge in [0.2, 0.25) is 5.91 Å². The maximum Gasteiger partial charge on any atom is 0.320 e. The molecule has 1 aliphatic rings. The zero-order chi connectivity index (χ0) is 18.0. The fourth-order valence-electron chi connectivity index (χ4n) is 2.88. The lowest BCUT2D eigenvalue weighted by atomic mass is 9.89. The van der Waals surface area contributed by atoms with Crippen molar-refractivity contribution in [2.75, 3.05) is 23.8 Å². The first kappa shape index (κ1) is 16.9. The second-order valence-electron chi connectivity index (χ2n) is 6.43. The molecule has 0 saturated carbocycles. The smallest absolute Gasteiger partial charge is 0.320 e. The maximum atomic E-state index is 12.1. The van der Waals surface area contributed by atoms with Gasteiger partial charge in [0.15, 0.2) is 5.82 Å². The van der Waals surface area contributed by atoms with Gasteiger partial charge < -0.3 is 10.2 Å². The molecule has 1 atom stereocenters. The number of urea groups is 1. The Morgan fingerprint density at radius 2 is 2.12 bits per heavy atom. The Morgan fingerprint density at radius 3 is 2.84 bits per heavy atom. The van der Waals surface area contributed by atoms with Crippen LogP contribution in [0.2, 0.25) is 0 Å². The van der Waals surface area contributed by atoms with Crippen LogP contribution in [-0.4, -0.2) is 40.5 Å². The summed E-state index contributed by atoms with van der Waals surface area (Å²) in [4.78, 5) is 25.9. The molecule has 2 N–H and O–H groups in total. The summed E-state index contributed by atoms with van der Waals surface area (Å²) in [6, 6.07) is 7.58. The van der Waals surface area contributed by atoms with Crippen molar-refractivity contribution in [3.8, 4) is 0 Å². The topological polar surface area (TPSA) is 92.2 Å². The van der Waals surface area contributed by atoms with E-state index in [1.807, 2.05) is 38.1 Å². The molecule has 1 aliphatic heterocycles. The maximum absolute atomic E-state index is 12.1. The van der Waals surface area contributed by atoms with Crippen LogP contribution in [0.15, 0.2) is 30.5 Å². The minimum atomic E-state index is -0.361. The van der Waals surface area contributed by atoms with Crippen molar-refractivity contribution < 1.29 is 9.59 Å². The van der Waals surface area contributed by atoms with Gasteiger partial charge in [-0.3, -0.25) is 10.1 Å². The number of aromatic nitrogens is 3. The Balaban J connectivity index is 1.62. The first-order chi connectivity index (χ1) is 12.0. The Morgan fingerprint density at radius 1 is 1.36 bits per heavy atom. The Labute approximate surface area is 146 Å². The van der Waals surface area contributed by atoms with E-state index in [9.17, 15) is 9.59 Å². The molecule has 0 spiro atoms. The second kappa shape index (κ2) is 6.92. The average molecular weight is 342 g/mol. The normalized spacial score (nSPS) is 16.7. The highest BCUT2D eigenvalue weighted by Gasteiger charge is 2.29. The Kier molecular flexibility index (Phi) is 4.69. The molecule has 0 bridgehead atoms. The zero-order valence-electron chi connectivity index (χ0n) is 14.6. The Bertz CT molecular complexity index is 785. The third kappa shape index (κ3) is 3.62. The standard InChI is InChI=1S/C17H22N6O2/c1-11(2)23-10-15(20-21-23)19-17(25)18-9-12-8-16(24)22(3)14-7-5-4-6-13(12)14/h4-7,10-12H,8-9H2,1-3H3,(H2,18,19,25)/t12-/m1/s1. The van der Waals surface area contributed by atoms with Gasteiger partial charge in [-0.15, -0.1) is 5.10 Å². The van der Waals surface area contributed by atoms with Crippen LogP contribution < -0.4 is 15.5 Å². The fourth-order valence-corrected chi connectivity index (χ4v) is 2.88. The van der Waals surface area contributed by atoms with Crippen molar-refractivity contribution in [1.29, 1.82) is 0 Å². The molecule has 0 aliphatic carbocycles. The van der Waals surface area contributed by atoms with Crippen LogP contribution >= 0.6 is 0 Å². The van der Waals surface area contributed by atoms with E-state index in [2.05, 4.69) is 20.9 Å². The summed E-state index contributed by atoms with van der Waals surface area (Å²) < 4.78 is 1.67. The molecular weight excluding hydrogens is 320 g/mol. The summed E-state index contributed by atoms with van der Waals surface area (Å²) >= 11 is 0. The van der Waals surface area contributed by atoms with Crippen LogP contribution in [0.1, 0.15) is 37.8 Å². The predicted octanol–water partition coefficient (Wildman–Crippen LogP) is 2.13. The third-order valence-corrected chi connectivity index (χ3v) is 4.32. The number of para-hydroxylation sites is 1. The molecule has 1 aromatic heterocycles. The van der Waals surface area contributed by atoms with Gasteiger partial charge in [0, 0.05) is 37.7 Å². The molecule has 25 heavy (non-hydrogen) atoms. The lowest BCUT2D eigenvalue weighted by Gasteiger charge is -2.31. The van der Waals surface area contributed by atoms with Gasteiger partial charge in [-0.25, -0.2) is 9.48 Å². The largest absolute Gasteiger partial charge is 0.337 e. The number of amides is 3. The molecule has 0 fully saturated rings. The van der Waals surface area contributed by atoms with E-state index in [-0.39, 0.29) is 23.9 Å². The molecule has 1 aromatic carbocycles. The number of benzene rings is 1. The number of hydrogen-bond donors (Lipinski definition) is 2. The van der Waals surface area contributed by atoms with Crippen molar-refractivity contribution in [1.82, 2.24) is 20.3 Å². The van der Waals surface area contributed by atoms with Crippen molar-refractivity contribution in [3.05, 3.63) is 36.0 Å². The molecule has 0 radical (unpaired) electrons. The lowest BCUT2D eigenvalue weighted by Crippen LogP contribution is -2.38. The number of nitrogens with one attached hydrogen (secondary N) is 2. The number of nitrogens with zero attached hydrogens (tertiary/aromatic N) is 4. The van der Waals surface area contributed by atoms with E-state index in [1.165, 1.54) is 0 Å². The lowest BCUT2D eigenvalue weighted by molar-refractivity contribution is -0.119. The summed E-state index contributed by atoms with van der Waals surface area (Å²) in [7, 11) is 1.77. The van der Waals surface area contributed by atoms with Gasteiger partial charge in [-0.1, -0.05) is 23.4 Å². The van der Waals surface area contributed by atoms with Gasteiger partial charge in [0.25, 0.3) is 0 Å². The first-order valence-electron chi connectivity index (χ1n) is 8.28. The van der Waals surface area contributed by atoms with E-state index >= 15 is 0 Å². The van der Waals surface area contributed by atoms with Crippen LogP contribution in [0.4, 0.5) is 16.3 Å². The van der Waals surface area contributed by atoms with E-state index in [1.54, 1.807) is 22.8 Å². The number of carbonyl (C=O) groups excluding carboxylic acids is 2. The van der Waals surface area contributed by atoms with Crippen LogP contribution in [0.3, 0.4) is 0 Å². The molecule has 3 rings (SSSR count). The number of rotatable bonds is 4. The highest BCUT2D eigenvalue weighted by atomic mass is 16.2. The van der Waals surface area contributed by atoms with Crippen LogP contribution in [0, 0.1) is 0 Å². The molecule has 132 valence electrons. The molecule has 0 unspecified atom stereocenters. The molecule has 8 nitrogen and oxygen atoms in total. The number of anilines is 2. The summed E-state index contributed by atoms with van der Waals surface area (Å²) in [6.45, 7) is 4.33. The van der Waals surface area contributed by atoms with Gasteiger partial charge in [-0.05, 0) is 25.5 Å². The quantitative estimate of drug-likeness (QED) is 0.890. The molecule has 2 aromatic rings. The molecule has 3 amide bonds. The van der Waals surface area contributed by atoms with Gasteiger partial charge in [0.1, 0.15) is 0 Å². The van der Waals surface area contributed by atoms with Crippen LogP contribution in [0.5, 0.6) is 0 Å². The molecule has 2 heterocycles. The first-order valence-corrected chi connectivity index (χ1v) is 8.28. The van der Waals surface area contributed by atoms with Gasteiger partial charge >= 0.3 is 6.03 Å². The van der Waals surface area contributed by atoms with Crippen molar-refractivity contribution in [2.24, 2.45) is 0 Å². The third-order valence-electron chi connectivity index (χ3n) is 4.32. The van der Waals surface area contributed by atoms with E-state index in [4.69, 9.17) is 0 Å². The number of fused-ring (bicyclic) bond motifs is 1. The number of carbonyl (C=O) groups is 2. The van der Waals surface area contributed by atoms with Gasteiger partial charge in [-0.2, -0.15) is 0 Å². The fraction of sp³-hybridized carbons (Fsp3) is 0.412. The predicted molar refractivity (Wildman–Crippen MR) is 94.6 cm³/mol. The van der Waals surface area contributed by atoms with Crippen molar-refractivity contribution >= 4 is 23.4 Å². The van der Waals surface area contributed by atoms with Crippen molar-refractivity contribution in [2.45, 2.75) is 32.2 Å². The van der Waals surface area contributed by atoms with Crippen LogP contribution in [0.25, 0.3) is 0 Å². The van der Waals surface area contributed by atoms with Crippen LogP contribution in [-0.2, 0) is 4.79 Å². The summed E-state index contributed by atoms with van der Waals surface area (Å²) in [6.07, 6.45) is 2.05. The molecule has 0 saturated heterocycles. The second-order valence-corrected chi connectivity index (χ2v) is 6.43. The Hall–Kier alpha value is -2.90. The SMILES string of the molecule is CC(C)n1cc(NC(=O)NC[C@H]2CC(=O)N(C)c3ccccc32)nn1. The van der Waals surface area contributed by atoms with E-state index in [0.29, 0.717) is 18.8 Å². The summed E-state index contributed by atoms with van der Waals surface area (Å²) in [5.74, 6) is 0.397. The van der Waals surface area contributed by atoms with Crippen molar-refractivity contribution in [3.63, 3.8) is 0 Å².